The van der Waals surface area contributed by atoms with Crippen molar-refractivity contribution < 1.29 is 22.7 Å². The first-order valence-electron chi connectivity index (χ1n) is 7.86. The molecule has 3 aromatic rings. The molecule has 5 nitrogen and oxygen atoms in total. The number of alkyl halides is 3. The summed E-state index contributed by atoms with van der Waals surface area (Å²) >= 11 is 0. The smallest absolute Gasteiger partial charge is 0.406 e. The number of hydrogen-bond acceptors (Lipinski definition) is 2. The van der Waals surface area contributed by atoms with Gasteiger partial charge in [-0.05, 0) is 42.3 Å². The van der Waals surface area contributed by atoms with Gasteiger partial charge in [0.1, 0.15) is 5.75 Å². The van der Waals surface area contributed by atoms with Gasteiger partial charge < -0.3 is 20.4 Å². The van der Waals surface area contributed by atoms with Crippen LogP contribution in [0.5, 0.6) is 5.75 Å². The van der Waals surface area contributed by atoms with Crippen LogP contribution in [0.15, 0.2) is 54.7 Å². The monoisotopic (exact) mass is 363 g/mol. The Hall–Kier alpha value is -3.16. The summed E-state index contributed by atoms with van der Waals surface area (Å²) in [6.07, 6.45) is -2.19. The summed E-state index contributed by atoms with van der Waals surface area (Å²) in [7, 11) is 0. The van der Waals surface area contributed by atoms with Gasteiger partial charge >= 0.3 is 12.4 Å². The molecule has 0 aliphatic rings. The molecule has 0 saturated carbocycles. The molecule has 0 atom stereocenters. The lowest BCUT2D eigenvalue weighted by Crippen LogP contribution is -2.30. The van der Waals surface area contributed by atoms with Gasteiger partial charge in [0.15, 0.2) is 0 Å². The number of ether oxygens (including phenoxy) is 1. The number of aromatic amines is 1. The van der Waals surface area contributed by atoms with Crippen LogP contribution in [0.1, 0.15) is 5.56 Å². The number of carbonyl (C=O) groups is 1. The summed E-state index contributed by atoms with van der Waals surface area (Å²) in [5.41, 5.74) is 2.49. The summed E-state index contributed by atoms with van der Waals surface area (Å²) in [5, 5.41) is 6.37. The number of benzene rings is 2. The molecule has 2 amide bonds. The van der Waals surface area contributed by atoms with Crippen molar-refractivity contribution in [3.05, 3.63) is 60.3 Å². The Morgan fingerprint density at radius 2 is 1.81 bits per heavy atom. The number of aromatic nitrogens is 1. The predicted octanol–water partition coefficient (Wildman–Crippen LogP) is 4.43. The van der Waals surface area contributed by atoms with Crippen molar-refractivity contribution in [3.8, 4) is 5.75 Å². The first kappa shape index (κ1) is 17.7. The fraction of sp³-hybridized carbons (Fsp3) is 0.167. The van der Waals surface area contributed by atoms with Gasteiger partial charge in [-0.25, -0.2) is 4.79 Å². The Balaban J connectivity index is 1.48. The fourth-order valence-corrected chi connectivity index (χ4v) is 2.56. The van der Waals surface area contributed by atoms with E-state index in [4.69, 9.17) is 0 Å². The minimum atomic E-state index is -4.74. The van der Waals surface area contributed by atoms with Gasteiger partial charge in [0.2, 0.25) is 0 Å². The first-order valence-corrected chi connectivity index (χ1v) is 7.86. The number of para-hydroxylation sites is 1. The van der Waals surface area contributed by atoms with Crippen molar-refractivity contribution in [1.29, 1.82) is 0 Å². The van der Waals surface area contributed by atoms with Crippen molar-refractivity contribution in [1.82, 2.24) is 10.3 Å². The maximum atomic E-state index is 12.1. The molecule has 0 aliphatic carbocycles. The van der Waals surface area contributed by atoms with Crippen LogP contribution in [-0.2, 0) is 6.42 Å². The highest BCUT2D eigenvalue weighted by Gasteiger charge is 2.30. The second-order valence-electron chi connectivity index (χ2n) is 5.56. The molecule has 0 aliphatic heterocycles. The van der Waals surface area contributed by atoms with E-state index in [1.807, 2.05) is 30.5 Å². The van der Waals surface area contributed by atoms with Crippen LogP contribution in [0.2, 0.25) is 0 Å². The highest BCUT2D eigenvalue weighted by molar-refractivity contribution is 5.89. The van der Waals surface area contributed by atoms with E-state index in [0.29, 0.717) is 18.7 Å². The number of amides is 2. The molecule has 0 unspecified atom stereocenters. The van der Waals surface area contributed by atoms with E-state index in [2.05, 4.69) is 20.4 Å². The average Bonchev–Trinajstić information content (AvgIpc) is 2.99. The van der Waals surface area contributed by atoms with Crippen molar-refractivity contribution >= 4 is 22.6 Å². The number of fused-ring (bicyclic) bond motifs is 1. The maximum absolute atomic E-state index is 12.1. The highest BCUT2D eigenvalue weighted by Crippen LogP contribution is 2.24. The number of halogens is 3. The van der Waals surface area contributed by atoms with Crippen molar-refractivity contribution in [2.24, 2.45) is 0 Å². The quantitative estimate of drug-likeness (QED) is 0.628. The molecule has 1 aromatic heterocycles. The third-order valence-corrected chi connectivity index (χ3v) is 3.70. The molecule has 0 bridgehead atoms. The Labute approximate surface area is 147 Å². The Kier molecular flexibility index (Phi) is 5.01. The molecule has 136 valence electrons. The fourth-order valence-electron chi connectivity index (χ4n) is 2.56. The number of nitrogens with one attached hydrogen (secondary N) is 3. The number of urea groups is 1. The van der Waals surface area contributed by atoms with Crippen LogP contribution in [0, 0.1) is 0 Å². The molecule has 0 radical (unpaired) electrons. The molecule has 0 fully saturated rings. The third kappa shape index (κ3) is 4.69. The molecule has 2 aromatic carbocycles. The zero-order chi connectivity index (χ0) is 18.6. The van der Waals surface area contributed by atoms with Crippen molar-refractivity contribution in [2.75, 3.05) is 11.9 Å². The zero-order valence-corrected chi connectivity index (χ0v) is 13.6. The second-order valence-corrected chi connectivity index (χ2v) is 5.56. The number of carbonyl (C=O) groups excluding carboxylic acids is 1. The van der Waals surface area contributed by atoms with Crippen LogP contribution in [-0.4, -0.2) is 23.9 Å². The van der Waals surface area contributed by atoms with Gasteiger partial charge in [0, 0.05) is 29.3 Å². The third-order valence-electron chi connectivity index (χ3n) is 3.70. The van der Waals surface area contributed by atoms with Crippen LogP contribution < -0.4 is 15.4 Å². The van der Waals surface area contributed by atoms with Crippen molar-refractivity contribution in [2.45, 2.75) is 12.8 Å². The molecule has 0 spiro atoms. The lowest BCUT2D eigenvalue weighted by molar-refractivity contribution is -0.274. The van der Waals surface area contributed by atoms with Gasteiger partial charge in [0.05, 0.1) is 0 Å². The predicted molar refractivity (Wildman–Crippen MR) is 92.1 cm³/mol. The molecular weight excluding hydrogens is 347 g/mol. The minimum absolute atomic E-state index is 0.345. The van der Waals surface area contributed by atoms with E-state index < -0.39 is 12.4 Å². The van der Waals surface area contributed by atoms with Crippen LogP contribution >= 0.6 is 0 Å². The van der Waals surface area contributed by atoms with E-state index in [1.54, 1.807) is 0 Å². The van der Waals surface area contributed by atoms with Crippen LogP contribution in [0.3, 0.4) is 0 Å². The normalized spacial score (nSPS) is 11.3. The second kappa shape index (κ2) is 7.38. The summed E-state index contributed by atoms with van der Waals surface area (Å²) in [6, 6.07) is 12.4. The van der Waals surface area contributed by atoms with Gasteiger partial charge in [-0.15, -0.1) is 13.2 Å². The van der Waals surface area contributed by atoms with E-state index in [-0.39, 0.29) is 5.75 Å². The van der Waals surface area contributed by atoms with E-state index in [0.717, 1.165) is 28.6 Å². The summed E-state index contributed by atoms with van der Waals surface area (Å²) in [6.45, 7) is 0.420. The van der Waals surface area contributed by atoms with Crippen molar-refractivity contribution in [3.63, 3.8) is 0 Å². The van der Waals surface area contributed by atoms with Gasteiger partial charge in [-0.1, -0.05) is 18.2 Å². The Morgan fingerprint density at radius 3 is 2.54 bits per heavy atom. The number of hydrogen-bond donors (Lipinski definition) is 3. The lowest BCUT2D eigenvalue weighted by atomic mass is 10.1. The number of anilines is 1. The van der Waals surface area contributed by atoms with Gasteiger partial charge in [-0.3, -0.25) is 0 Å². The maximum Gasteiger partial charge on any atom is 0.573 e. The standard InChI is InChI=1S/C18H16F3N3O2/c19-18(20,21)26-14-7-5-13(6-8-14)24-17(25)22-10-9-12-11-23-16-4-2-1-3-15(12)16/h1-8,11,23H,9-10H2,(H2,22,24,25). The Morgan fingerprint density at radius 1 is 1.08 bits per heavy atom. The highest BCUT2D eigenvalue weighted by atomic mass is 19.4. The van der Waals surface area contributed by atoms with Crippen LogP contribution in [0.25, 0.3) is 10.9 Å². The average molecular weight is 363 g/mol. The molecule has 26 heavy (non-hydrogen) atoms. The molecule has 3 N–H and O–H groups in total. The summed E-state index contributed by atoms with van der Waals surface area (Å²) < 4.78 is 40.1. The molecule has 1 heterocycles. The van der Waals surface area contributed by atoms with Crippen LogP contribution in [0.4, 0.5) is 23.7 Å². The first-order chi connectivity index (χ1) is 12.4. The molecule has 8 heteroatoms. The topological polar surface area (TPSA) is 66.2 Å². The van der Waals surface area contributed by atoms with E-state index in [9.17, 15) is 18.0 Å². The SMILES string of the molecule is O=C(NCCc1c[nH]c2ccccc12)Nc1ccc(OC(F)(F)F)cc1. The van der Waals surface area contributed by atoms with Gasteiger partial charge in [0.25, 0.3) is 0 Å². The van der Waals surface area contributed by atoms with E-state index in [1.165, 1.54) is 12.1 Å². The molecule has 3 rings (SSSR count). The van der Waals surface area contributed by atoms with E-state index >= 15 is 0 Å². The zero-order valence-electron chi connectivity index (χ0n) is 13.6. The molecule has 0 saturated heterocycles. The van der Waals surface area contributed by atoms with Gasteiger partial charge in [-0.2, -0.15) is 0 Å². The number of H-pyrrole nitrogens is 1. The Bertz CT molecular complexity index is 889. The lowest BCUT2D eigenvalue weighted by Gasteiger charge is -2.10. The summed E-state index contributed by atoms with van der Waals surface area (Å²) in [4.78, 5) is 15.0. The summed E-state index contributed by atoms with van der Waals surface area (Å²) in [5.74, 6) is -0.345. The minimum Gasteiger partial charge on any atom is -0.406 e. The number of rotatable bonds is 5. The largest absolute Gasteiger partial charge is 0.573 e. The molecular formula is C18H16F3N3O2.